The van der Waals surface area contributed by atoms with Crippen LogP contribution in [0.25, 0.3) is 0 Å². The van der Waals surface area contributed by atoms with E-state index < -0.39 is 75.7 Å². The number of allylic oxidation sites excluding steroid dienone is 1. The molecule has 1 saturated carbocycles. The van der Waals surface area contributed by atoms with E-state index in [4.69, 9.17) is 14.0 Å². The van der Waals surface area contributed by atoms with Gasteiger partial charge in [-0.2, -0.15) is 0 Å². The Balaban J connectivity index is -0.000000726. The molecule has 11 N–H and O–H groups in total. The fourth-order valence-corrected chi connectivity index (χ4v) is 17.6. The number of carbonyl (C=O) groups is 4. The molecule has 4 heterocycles. The number of hydrogen-bond donors (Lipinski definition) is 11. The van der Waals surface area contributed by atoms with Crippen molar-refractivity contribution in [3.05, 3.63) is 35.1 Å². The lowest BCUT2D eigenvalue weighted by atomic mass is 9.75. The van der Waals surface area contributed by atoms with Crippen LogP contribution in [0.3, 0.4) is 0 Å². The summed E-state index contributed by atoms with van der Waals surface area (Å²) in [4.78, 5) is 57.3. The Kier molecular flexibility index (Phi) is 59.7. The van der Waals surface area contributed by atoms with Gasteiger partial charge in [-0.3, -0.25) is 9.59 Å². The van der Waals surface area contributed by atoms with Gasteiger partial charge in [0.25, 0.3) is 20.0 Å². The van der Waals surface area contributed by atoms with Gasteiger partial charge < -0.3 is 64.3 Å². The maximum Gasteiger partial charge on any atom is 0.410 e. The van der Waals surface area contributed by atoms with E-state index in [0.29, 0.717) is 86.3 Å². The number of aliphatic hydroxyl groups is 6. The molecule has 6 unspecified atom stereocenters. The first-order valence-corrected chi connectivity index (χ1v) is 54.4. The Morgan fingerprint density at radius 3 is 1.24 bits per heavy atom. The topological polar surface area (TPSA) is 468 Å². The number of likely N-dealkylation sites (tertiary alicyclic amines) is 1. The van der Waals surface area contributed by atoms with Crippen LogP contribution in [0.5, 0.6) is 0 Å². The summed E-state index contributed by atoms with van der Waals surface area (Å²) in [5.74, 6) is 2.06. The molecule has 804 valence electrons. The fourth-order valence-electron chi connectivity index (χ4n) is 12.8. The van der Waals surface area contributed by atoms with Crippen LogP contribution in [0, 0.1) is 73.9 Å². The number of rotatable bonds is 32. The highest BCUT2D eigenvalue weighted by Crippen LogP contribution is 2.36. The minimum absolute atomic E-state index is 0.00474. The number of Topliss-reactive ketones (excluding diaryl/α,β-unsaturated/α-hetero) is 1. The second kappa shape index (κ2) is 59.2. The van der Waals surface area contributed by atoms with Gasteiger partial charge in [-0.25, -0.2) is 72.1 Å². The summed E-state index contributed by atoms with van der Waals surface area (Å²) in [6.45, 7) is 81.4. The zero-order valence-electron chi connectivity index (χ0n) is 92.8. The van der Waals surface area contributed by atoms with Gasteiger partial charge in [0.15, 0.2) is 15.8 Å². The summed E-state index contributed by atoms with van der Waals surface area (Å²) in [6.07, 6.45) is 14.7. The molecular formula is C100H199N11O21S4. The summed E-state index contributed by atoms with van der Waals surface area (Å²) < 4.78 is 121. The number of nitrogens with zero attached hydrogens (tertiary/aromatic N) is 6. The molecule has 3 aliphatic rings. The molecule has 32 nitrogen and oxygen atoms in total. The highest BCUT2D eigenvalue weighted by molar-refractivity contribution is 7.93. The van der Waals surface area contributed by atoms with Crippen molar-refractivity contribution < 1.29 is 97.5 Å². The van der Waals surface area contributed by atoms with Gasteiger partial charge in [0.1, 0.15) is 27.7 Å². The third kappa shape index (κ3) is 74.8. The third-order valence-corrected chi connectivity index (χ3v) is 26.7. The van der Waals surface area contributed by atoms with Crippen molar-refractivity contribution in [2.45, 2.75) is 442 Å². The SMILES string of the molecule is CC(C)(C)CC(O)CNS(=O)(=O)C1CC1.CC(C)(C)CCNC(=O)OC(C)(C)C.CC(C)(C)OC(=O)N1CCC(C(C)(C)C)CC1.CC1=NC(S(=O)(=O)NCC(O)CC(C)(C)C)=CC1.CCC(C)(CO)CC(=O)CCCC(C)(C)C.CCC(O)CC(C)(C)C.CN(C)C(=O)CC(C)(C)C.Cc1nc(S(=O)(=O)NCC(O)CC(C)(C)C)cn1C.Cc1oncc1S(=O)(=O)NCC(O)CC(C)(C)C. The lowest BCUT2D eigenvalue weighted by Crippen LogP contribution is -2.43. The largest absolute Gasteiger partial charge is 0.444 e. The number of aryl methyl sites for hydroxylation is 3. The van der Waals surface area contributed by atoms with Gasteiger partial charge in [-0.1, -0.05) is 213 Å². The molecule has 0 spiro atoms. The predicted molar refractivity (Wildman–Crippen MR) is 552 cm³/mol. The van der Waals surface area contributed by atoms with Gasteiger partial charge in [-0.15, -0.1) is 0 Å². The summed E-state index contributed by atoms with van der Waals surface area (Å²) in [5.41, 5.74) is 0.937. The molecule has 1 saturated heterocycles. The van der Waals surface area contributed by atoms with E-state index in [1.807, 2.05) is 150 Å². The Bertz CT molecular complexity index is 4280. The number of alkyl carbamates (subject to hydrolysis) is 1. The van der Waals surface area contributed by atoms with Crippen LogP contribution >= 0.6 is 0 Å². The average molecular weight is 2020 g/mol. The van der Waals surface area contributed by atoms with Crippen LogP contribution in [-0.4, -0.2) is 232 Å². The fraction of sp³-hybridized carbons (Fsp3) is 0.870. The molecule has 136 heavy (non-hydrogen) atoms. The van der Waals surface area contributed by atoms with Crippen LogP contribution in [0.2, 0.25) is 0 Å². The number of ketones is 1. The summed E-state index contributed by atoms with van der Waals surface area (Å²) in [6, 6.07) is 0. The molecule has 2 aromatic heterocycles. The maximum atomic E-state index is 12.0. The first kappa shape index (κ1) is 137. The van der Waals surface area contributed by atoms with Crippen LogP contribution in [0.1, 0.15) is 383 Å². The van der Waals surface area contributed by atoms with Crippen LogP contribution in [0.15, 0.2) is 42.9 Å². The van der Waals surface area contributed by atoms with E-state index in [1.165, 1.54) is 13.1 Å². The summed E-state index contributed by atoms with van der Waals surface area (Å²) >= 11 is 0. The number of aliphatic imine (C=N–C) groups is 1. The number of amides is 3. The quantitative estimate of drug-likeness (QED) is 0.0324. The molecule has 6 atom stereocenters. The number of hydrogen-bond acceptors (Lipinski definition) is 24. The molecule has 0 aromatic carbocycles. The molecule has 5 rings (SSSR count). The van der Waals surface area contributed by atoms with E-state index in [9.17, 15) is 83.5 Å². The van der Waals surface area contributed by atoms with Gasteiger partial charge in [-0.05, 0) is 218 Å². The highest BCUT2D eigenvalue weighted by Gasteiger charge is 2.37. The molecule has 3 amide bonds. The van der Waals surface area contributed by atoms with Crippen molar-refractivity contribution in [1.82, 2.24) is 48.7 Å². The van der Waals surface area contributed by atoms with Crippen LogP contribution in [0.4, 0.5) is 9.59 Å². The number of ether oxygens (including phenoxy) is 2. The molecular weight excluding hydrogens is 1820 g/mol. The zero-order chi connectivity index (χ0) is 108. The first-order chi connectivity index (χ1) is 60.6. The first-order valence-electron chi connectivity index (χ1n) is 48.4. The van der Waals surface area contributed by atoms with E-state index in [2.05, 4.69) is 143 Å². The molecule has 1 aliphatic carbocycles. The maximum absolute atomic E-state index is 12.0. The number of imidazole rings is 1. The molecule has 36 heteroatoms. The molecule has 0 radical (unpaired) electrons. The lowest BCUT2D eigenvalue weighted by Gasteiger charge is -2.39. The van der Waals surface area contributed by atoms with Crippen molar-refractivity contribution in [2.24, 2.45) is 72.1 Å². The lowest BCUT2D eigenvalue weighted by molar-refractivity contribution is -0.130. The van der Waals surface area contributed by atoms with Crippen LogP contribution in [-0.2, 0) is 66.2 Å². The second-order valence-corrected chi connectivity index (χ2v) is 57.3. The third-order valence-electron chi connectivity index (χ3n) is 20.6. The highest BCUT2D eigenvalue weighted by atomic mass is 32.2. The van der Waals surface area contributed by atoms with Crippen molar-refractivity contribution in [1.29, 1.82) is 0 Å². The van der Waals surface area contributed by atoms with E-state index in [1.54, 1.807) is 50.5 Å². The number of nitrogens with one attached hydrogen (secondary N) is 5. The number of aromatic nitrogens is 3. The van der Waals surface area contributed by atoms with Crippen molar-refractivity contribution in [3.8, 4) is 0 Å². The summed E-state index contributed by atoms with van der Waals surface area (Å²) in [7, 11) is -8.74. The normalized spacial score (nSPS) is 16.1. The molecule has 2 fully saturated rings. The number of aliphatic hydroxyl groups excluding tert-OH is 6. The predicted octanol–water partition coefficient (Wildman–Crippen LogP) is 18.0. The monoisotopic (exact) mass is 2020 g/mol. The zero-order valence-corrected chi connectivity index (χ0v) is 96.0. The van der Waals surface area contributed by atoms with E-state index >= 15 is 0 Å². The average Bonchev–Trinajstić information content (AvgIpc) is 1.65. The van der Waals surface area contributed by atoms with Gasteiger partial charge in [0.2, 0.25) is 26.0 Å². The Labute approximate surface area is 827 Å². The Hall–Kier alpha value is -5.09. The summed E-state index contributed by atoms with van der Waals surface area (Å²) in [5, 5.41) is 63.3. The van der Waals surface area contributed by atoms with Crippen molar-refractivity contribution in [3.63, 3.8) is 0 Å². The Morgan fingerprint density at radius 2 is 0.934 bits per heavy atom. The minimum atomic E-state index is -3.66. The smallest absolute Gasteiger partial charge is 0.410 e. The second-order valence-electron chi connectivity index (χ2n) is 50.1. The number of carbonyl (C=O) groups excluding carboxylic acids is 4. The minimum Gasteiger partial charge on any atom is -0.444 e. The molecule has 2 aliphatic heterocycles. The van der Waals surface area contributed by atoms with Gasteiger partial charge in [0, 0.05) is 111 Å². The standard InChI is InChI=1S/C14H27NO2.C14H28O2.C12H23N3O3S.C12H22N2O3S.C11H20N2O4S.C11H23NO2.C10H21NO3S.C8H17NO.C8H18O/c1-13(2,3)11-7-9-15(10-8-11)12(16)17-14(4,5)6;1-6-14(5,11-15)10-12(16)8-7-9-13(2,3)4;1-9-14-11(8-15(9)5)19(17,18)13-7-10(16)6-12(2,3)4;1-9-5-6-11(14-9)18(16,17)13-8-10(15)7-12(2,3)4;1-8-10(7-12-17-8)18(15,16)13-6-9(14)5-11(2,3)4;1-10(2,3)7-8-12-9(13)14-11(4,5)6;1-10(2,3)6-8(12)7-11-15(13,14)9-4-5-9;1-8(2,3)6-7(10)9(4)5;1-5-7(9)6-8(2,3)4/h11H,7-10H2,1-6H3;15H,6-11H2,1-5H3;8,10,13,16H,6-7H2,1-5H3;6,10,13,15H,5,7-8H2,1-4H3;7,9,13-14H,5-6H2,1-4H3;7-8H2,1-6H3,(H,12,13);8-9,11-12H,4-7H2,1-3H3;6H2,1-5H3;7,9H,5-6H2,1-4H3. The number of piperidine rings is 1. The van der Waals surface area contributed by atoms with Gasteiger partial charge >= 0.3 is 12.2 Å². The van der Waals surface area contributed by atoms with Crippen LogP contribution < -0.4 is 24.2 Å². The van der Waals surface area contributed by atoms with Gasteiger partial charge in [0.05, 0.1) is 42.0 Å². The van der Waals surface area contributed by atoms with Crippen molar-refractivity contribution in [2.75, 3.05) is 66.5 Å². The molecule has 0 bridgehead atoms. The molecule has 2 aromatic rings. The number of sulfonamides is 4. The van der Waals surface area contributed by atoms with Crippen molar-refractivity contribution >= 4 is 69.7 Å². The Morgan fingerprint density at radius 1 is 0.529 bits per heavy atom. The van der Waals surface area contributed by atoms with E-state index in [0.717, 1.165) is 89.2 Å². The van der Waals surface area contributed by atoms with E-state index in [-0.39, 0.29) is 126 Å².